The van der Waals surface area contributed by atoms with Gasteiger partial charge < -0.3 is 15.5 Å². The van der Waals surface area contributed by atoms with Crippen molar-refractivity contribution >= 4 is 17.7 Å². The Morgan fingerprint density at radius 3 is 2.78 bits per heavy atom. The molecule has 9 heteroatoms. The van der Waals surface area contributed by atoms with Gasteiger partial charge in [0.05, 0.1) is 5.54 Å². The molecule has 3 N–H and O–H groups in total. The average molecular weight is 437 g/mol. The van der Waals surface area contributed by atoms with Crippen molar-refractivity contribution in [3.63, 3.8) is 0 Å². The van der Waals surface area contributed by atoms with Crippen molar-refractivity contribution < 1.29 is 14.4 Å². The molecular weight excluding hydrogens is 408 g/mol. The van der Waals surface area contributed by atoms with Gasteiger partial charge in [-0.05, 0) is 55.6 Å². The number of nitrogens with zero attached hydrogens (tertiary/aromatic N) is 3. The van der Waals surface area contributed by atoms with Crippen LogP contribution in [0.3, 0.4) is 0 Å². The number of carbonyl (C=O) groups excluding carboxylic acids is 3. The molecule has 4 heterocycles. The van der Waals surface area contributed by atoms with Gasteiger partial charge in [-0.2, -0.15) is 5.10 Å². The number of hydrogen-bond acceptors (Lipinski definition) is 6. The van der Waals surface area contributed by atoms with Gasteiger partial charge in [-0.3, -0.25) is 24.4 Å². The first-order valence-electron chi connectivity index (χ1n) is 11.2. The zero-order chi connectivity index (χ0) is 22.1. The lowest BCUT2D eigenvalue weighted by atomic mass is 9.88. The Labute approximate surface area is 186 Å². The van der Waals surface area contributed by atoms with E-state index < -0.39 is 6.04 Å². The molecule has 5 rings (SSSR count). The first kappa shape index (κ1) is 20.8. The van der Waals surface area contributed by atoms with E-state index in [0.29, 0.717) is 25.1 Å². The highest BCUT2D eigenvalue weighted by molar-refractivity contribution is 6.05. The summed E-state index contributed by atoms with van der Waals surface area (Å²) in [6, 6.07) is 7.27. The molecule has 0 spiro atoms. The summed E-state index contributed by atoms with van der Waals surface area (Å²) >= 11 is 0. The van der Waals surface area contributed by atoms with E-state index in [1.54, 1.807) is 4.90 Å². The van der Waals surface area contributed by atoms with Crippen molar-refractivity contribution in [3.05, 3.63) is 53.3 Å². The number of nitrogens with one attached hydrogen (secondary N) is 3. The van der Waals surface area contributed by atoms with Gasteiger partial charge in [0.15, 0.2) is 0 Å². The Morgan fingerprint density at radius 1 is 1.19 bits per heavy atom. The van der Waals surface area contributed by atoms with Crippen LogP contribution in [0.5, 0.6) is 0 Å². The van der Waals surface area contributed by atoms with Crippen LogP contribution in [0.2, 0.25) is 0 Å². The van der Waals surface area contributed by atoms with Gasteiger partial charge in [0.1, 0.15) is 6.04 Å². The summed E-state index contributed by atoms with van der Waals surface area (Å²) in [6.45, 7) is 3.85. The highest BCUT2D eigenvalue weighted by atomic mass is 16.2. The minimum atomic E-state index is -0.581. The second-order valence-corrected chi connectivity index (χ2v) is 8.92. The number of benzene rings is 1. The van der Waals surface area contributed by atoms with Crippen molar-refractivity contribution in [2.75, 3.05) is 19.6 Å². The standard InChI is InChI=1S/C23H28N6O3/c30-20-5-4-19(21(31)27-20)28-14-17-12-16(2-3-18(17)22(28)32)13-25-15-23(6-9-24-10-7-23)29-11-1-8-26-29/h1-3,8,11-12,19,24-25H,4-7,9-10,13-15H2,(H,27,30,31). The molecule has 168 valence electrons. The van der Waals surface area contributed by atoms with Gasteiger partial charge in [-0.1, -0.05) is 12.1 Å². The van der Waals surface area contributed by atoms with E-state index in [4.69, 9.17) is 0 Å². The van der Waals surface area contributed by atoms with Crippen LogP contribution in [-0.2, 0) is 28.2 Å². The Bertz CT molecular complexity index is 1030. The van der Waals surface area contributed by atoms with Crippen LogP contribution in [-0.4, -0.2) is 58.1 Å². The van der Waals surface area contributed by atoms with Crippen LogP contribution in [0.15, 0.2) is 36.7 Å². The molecule has 1 atom stereocenters. The van der Waals surface area contributed by atoms with Crippen LogP contribution in [0.25, 0.3) is 0 Å². The van der Waals surface area contributed by atoms with Crippen LogP contribution in [0.1, 0.15) is 47.2 Å². The lowest BCUT2D eigenvalue weighted by Gasteiger charge is -2.38. The number of aromatic nitrogens is 2. The van der Waals surface area contributed by atoms with Crippen LogP contribution >= 0.6 is 0 Å². The maximum atomic E-state index is 12.9. The Kier molecular flexibility index (Phi) is 5.52. The normalized spacial score (nSPS) is 22.7. The van der Waals surface area contributed by atoms with E-state index >= 15 is 0 Å². The molecule has 0 aliphatic carbocycles. The third-order valence-corrected chi connectivity index (χ3v) is 6.90. The van der Waals surface area contributed by atoms with Gasteiger partial charge in [-0.25, -0.2) is 0 Å². The fraction of sp³-hybridized carbons (Fsp3) is 0.478. The molecule has 0 saturated carbocycles. The quantitative estimate of drug-likeness (QED) is 0.570. The average Bonchev–Trinajstić information content (AvgIpc) is 3.44. The fourth-order valence-corrected chi connectivity index (χ4v) is 5.11. The minimum absolute atomic E-state index is 0.0377. The Morgan fingerprint density at radius 2 is 2.03 bits per heavy atom. The van der Waals surface area contributed by atoms with E-state index in [-0.39, 0.29) is 29.7 Å². The minimum Gasteiger partial charge on any atom is -0.322 e. The van der Waals surface area contributed by atoms with Gasteiger partial charge in [-0.15, -0.1) is 0 Å². The lowest BCUT2D eigenvalue weighted by molar-refractivity contribution is -0.136. The summed E-state index contributed by atoms with van der Waals surface area (Å²) in [7, 11) is 0. The molecular formula is C23H28N6O3. The summed E-state index contributed by atoms with van der Waals surface area (Å²) in [6.07, 6.45) is 6.54. The predicted octanol–water partition coefficient (Wildman–Crippen LogP) is 0.513. The molecule has 3 aliphatic heterocycles. The summed E-state index contributed by atoms with van der Waals surface area (Å²) in [5.74, 6) is -0.790. The van der Waals surface area contributed by atoms with E-state index in [1.807, 2.05) is 30.6 Å². The maximum absolute atomic E-state index is 12.9. The van der Waals surface area contributed by atoms with E-state index in [9.17, 15) is 14.4 Å². The molecule has 3 aliphatic rings. The number of imide groups is 1. The van der Waals surface area contributed by atoms with E-state index in [1.165, 1.54) is 0 Å². The zero-order valence-corrected chi connectivity index (χ0v) is 18.0. The molecule has 3 amide bonds. The highest BCUT2D eigenvalue weighted by Gasteiger charge is 2.39. The predicted molar refractivity (Wildman–Crippen MR) is 116 cm³/mol. The molecule has 1 aromatic carbocycles. The van der Waals surface area contributed by atoms with E-state index in [2.05, 4.69) is 31.8 Å². The largest absolute Gasteiger partial charge is 0.322 e. The summed E-state index contributed by atoms with van der Waals surface area (Å²) < 4.78 is 2.08. The number of amides is 3. The van der Waals surface area contributed by atoms with Crippen molar-refractivity contribution in [2.24, 2.45) is 0 Å². The zero-order valence-electron chi connectivity index (χ0n) is 18.0. The SMILES string of the molecule is O=C1CCC(N2Cc3cc(CNCC4(n5cccn5)CCNCC4)ccc3C2=O)C(=O)N1. The fourth-order valence-electron chi connectivity index (χ4n) is 5.11. The third-order valence-electron chi connectivity index (χ3n) is 6.90. The number of carbonyl (C=O) groups is 3. The van der Waals surface area contributed by atoms with Crippen LogP contribution < -0.4 is 16.0 Å². The molecule has 9 nitrogen and oxygen atoms in total. The molecule has 1 unspecified atom stereocenters. The van der Waals surface area contributed by atoms with Crippen molar-refractivity contribution in [1.82, 2.24) is 30.6 Å². The van der Waals surface area contributed by atoms with Crippen LogP contribution in [0, 0.1) is 0 Å². The van der Waals surface area contributed by atoms with Gasteiger partial charge in [0.2, 0.25) is 11.8 Å². The number of rotatable bonds is 6. The van der Waals surface area contributed by atoms with Gasteiger partial charge >= 0.3 is 0 Å². The molecule has 1 aromatic heterocycles. The summed E-state index contributed by atoms with van der Waals surface area (Å²) in [5, 5.41) is 13.9. The van der Waals surface area contributed by atoms with Gasteiger partial charge in [0.25, 0.3) is 5.91 Å². The Hall–Kier alpha value is -3.04. The molecule has 32 heavy (non-hydrogen) atoms. The second-order valence-electron chi connectivity index (χ2n) is 8.92. The number of piperidine rings is 2. The molecule has 0 bridgehead atoms. The lowest BCUT2D eigenvalue weighted by Crippen LogP contribution is -2.52. The van der Waals surface area contributed by atoms with Crippen molar-refractivity contribution in [3.8, 4) is 0 Å². The third kappa shape index (κ3) is 3.82. The number of fused-ring (bicyclic) bond motifs is 1. The highest BCUT2D eigenvalue weighted by Crippen LogP contribution is 2.29. The molecule has 2 saturated heterocycles. The van der Waals surface area contributed by atoms with Crippen molar-refractivity contribution in [2.45, 2.75) is 50.4 Å². The van der Waals surface area contributed by atoms with Gasteiger partial charge in [0, 0.05) is 44.0 Å². The summed E-state index contributed by atoms with van der Waals surface area (Å²) in [4.78, 5) is 38.1. The molecule has 2 aromatic rings. The van der Waals surface area contributed by atoms with Crippen molar-refractivity contribution in [1.29, 1.82) is 0 Å². The molecule has 0 radical (unpaired) electrons. The monoisotopic (exact) mass is 436 g/mol. The maximum Gasteiger partial charge on any atom is 0.255 e. The smallest absolute Gasteiger partial charge is 0.255 e. The van der Waals surface area contributed by atoms with E-state index in [0.717, 1.165) is 43.6 Å². The Balaban J connectivity index is 1.24. The molecule has 2 fully saturated rings. The first-order valence-corrected chi connectivity index (χ1v) is 11.2. The summed E-state index contributed by atoms with van der Waals surface area (Å²) in [5.41, 5.74) is 2.64. The second kappa shape index (κ2) is 8.48. The number of hydrogen-bond donors (Lipinski definition) is 3. The van der Waals surface area contributed by atoms with Crippen LogP contribution in [0.4, 0.5) is 0 Å². The topological polar surface area (TPSA) is 108 Å². The first-order chi connectivity index (χ1) is 15.6.